The minimum atomic E-state index is -1.20. The number of benzene rings is 1. The Morgan fingerprint density at radius 3 is 2.85 bits per heavy atom. The number of anilines is 1. The standard InChI is InChI=1S/C14H16N2O4/c1-3-20-13-11(8-17)14(18)16(15-13)12-7-5-4-6-10(12)9-19-2/h4-7,14,18H,3,9H2,1-2H3. The van der Waals surface area contributed by atoms with Crippen LogP contribution in [0.2, 0.25) is 0 Å². The Morgan fingerprint density at radius 1 is 1.45 bits per heavy atom. The zero-order chi connectivity index (χ0) is 14.5. The summed E-state index contributed by atoms with van der Waals surface area (Å²) in [5.74, 6) is 1.79. The molecule has 6 nitrogen and oxygen atoms in total. The van der Waals surface area contributed by atoms with E-state index in [0.717, 1.165) is 5.56 Å². The van der Waals surface area contributed by atoms with Crippen LogP contribution in [0.4, 0.5) is 5.69 Å². The molecule has 0 saturated heterocycles. The van der Waals surface area contributed by atoms with Crippen molar-refractivity contribution in [1.29, 1.82) is 0 Å². The van der Waals surface area contributed by atoms with Crippen LogP contribution in [0, 0.1) is 0 Å². The first-order valence-electron chi connectivity index (χ1n) is 6.23. The topological polar surface area (TPSA) is 71.4 Å². The number of rotatable bonds is 4. The van der Waals surface area contributed by atoms with Crippen molar-refractivity contribution >= 4 is 17.5 Å². The van der Waals surface area contributed by atoms with Gasteiger partial charge >= 0.3 is 0 Å². The molecular weight excluding hydrogens is 260 g/mol. The van der Waals surface area contributed by atoms with E-state index >= 15 is 0 Å². The number of nitrogens with zero attached hydrogens (tertiary/aromatic N) is 2. The van der Waals surface area contributed by atoms with Gasteiger partial charge < -0.3 is 14.6 Å². The molecule has 0 saturated carbocycles. The molecule has 106 valence electrons. The van der Waals surface area contributed by atoms with Gasteiger partial charge in [0.05, 0.1) is 18.9 Å². The van der Waals surface area contributed by atoms with E-state index in [1.54, 1.807) is 26.0 Å². The van der Waals surface area contributed by atoms with Gasteiger partial charge in [-0.15, -0.1) is 5.10 Å². The highest BCUT2D eigenvalue weighted by Gasteiger charge is 2.34. The number of hydrogen-bond donors (Lipinski definition) is 1. The zero-order valence-corrected chi connectivity index (χ0v) is 11.4. The summed E-state index contributed by atoms with van der Waals surface area (Å²) in [4.78, 5) is 11.0. The molecule has 0 bridgehead atoms. The summed E-state index contributed by atoms with van der Waals surface area (Å²) in [6.45, 7) is 2.50. The maximum atomic E-state index is 11.0. The van der Waals surface area contributed by atoms with Crippen LogP contribution < -0.4 is 5.01 Å². The lowest BCUT2D eigenvalue weighted by Gasteiger charge is -2.20. The quantitative estimate of drug-likeness (QED) is 0.833. The molecule has 1 atom stereocenters. The van der Waals surface area contributed by atoms with E-state index in [2.05, 4.69) is 5.10 Å². The van der Waals surface area contributed by atoms with Gasteiger partial charge in [-0.1, -0.05) is 18.2 Å². The SMILES string of the molecule is CCOC1=NN(c2ccccc2COC)C(O)C1=C=O. The molecule has 0 aliphatic carbocycles. The molecular formula is C14H16N2O4. The van der Waals surface area contributed by atoms with Gasteiger partial charge in [-0.2, -0.15) is 0 Å². The number of aliphatic hydroxyl groups is 1. The summed E-state index contributed by atoms with van der Waals surface area (Å²) in [5.41, 5.74) is 1.50. The lowest BCUT2D eigenvalue weighted by atomic mass is 10.1. The molecule has 1 aliphatic heterocycles. The van der Waals surface area contributed by atoms with Gasteiger partial charge in [-0.25, -0.2) is 9.80 Å². The molecule has 0 spiro atoms. The van der Waals surface area contributed by atoms with Gasteiger partial charge in [0.15, 0.2) is 11.8 Å². The Morgan fingerprint density at radius 2 is 2.20 bits per heavy atom. The molecule has 6 heteroatoms. The maximum absolute atomic E-state index is 11.0. The second kappa shape index (κ2) is 6.34. The number of methoxy groups -OCH3 is 1. The lowest BCUT2D eigenvalue weighted by molar-refractivity contribution is 0.183. The van der Waals surface area contributed by atoms with Crippen molar-refractivity contribution in [2.24, 2.45) is 5.10 Å². The van der Waals surface area contributed by atoms with E-state index in [4.69, 9.17) is 9.47 Å². The fourth-order valence-corrected chi connectivity index (χ4v) is 1.98. The minimum Gasteiger partial charge on any atom is -0.476 e. The first-order chi connectivity index (χ1) is 9.72. The molecule has 1 aromatic rings. The van der Waals surface area contributed by atoms with Crippen molar-refractivity contribution in [2.45, 2.75) is 19.8 Å². The Balaban J connectivity index is 2.40. The van der Waals surface area contributed by atoms with Crippen LogP contribution >= 0.6 is 0 Å². The van der Waals surface area contributed by atoms with Crippen molar-refractivity contribution in [3.05, 3.63) is 35.4 Å². The summed E-state index contributed by atoms with van der Waals surface area (Å²) in [6.07, 6.45) is -1.20. The average Bonchev–Trinajstić information content (AvgIpc) is 2.76. The van der Waals surface area contributed by atoms with E-state index in [-0.39, 0.29) is 11.5 Å². The van der Waals surface area contributed by atoms with Crippen molar-refractivity contribution in [3.63, 3.8) is 0 Å². The highest BCUT2D eigenvalue weighted by molar-refractivity contribution is 6.04. The van der Waals surface area contributed by atoms with Crippen LogP contribution in [0.3, 0.4) is 0 Å². The number of hydrazone groups is 1. The van der Waals surface area contributed by atoms with Crippen LogP contribution in [0.25, 0.3) is 0 Å². The van der Waals surface area contributed by atoms with Crippen molar-refractivity contribution < 1.29 is 19.4 Å². The third-order valence-corrected chi connectivity index (χ3v) is 2.85. The smallest absolute Gasteiger partial charge is 0.250 e. The van der Waals surface area contributed by atoms with E-state index in [1.165, 1.54) is 5.01 Å². The summed E-state index contributed by atoms with van der Waals surface area (Å²) >= 11 is 0. The number of aliphatic hydroxyl groups excluding tert-OH is 1. The fraction of sp³-hybridized carbons (Fsp3) is 0.357. The van der Waals surface area contributed by atoms with Gasteiger partial charge in [0.25, 0.3) is 5.90 Å². The molecule has 1 heterocycles. The van der Waals surface area contributed by atoms with Crippen molar-refractivity contribution in [1.82, 2.24) is 0 Å². The summed E-state index contributed by atoms with van der Waals surface area (Å²) in [5, 5.41) is 15.7. The first kappa shape index (κ1) is 14.3. The average molecular weight is 276 g/mol. The van der Waals surface area contributed by atoms with Gasteiger partial charge in [0.2, 0.25) is 0 Å². The third kappa shape index (κ3) is 2.58. The predicted molar refractivity (Wildman–Crippen MR) is 73.9 cm³/mol. The Kier molecular flexibility index (Phi) is 4.53. The van der Waals surface area contributed by atoms with Crippen LogP contribution in [0.5, 0.6) is 0 Å². The van der Waals surface area contributed by atoms with E-state index in [9.17, 15) is 9.90 Å². The molecule has 1 unspecified atom stereocenters. The number of para-hydroxylation sites is 1. The second-order valence-electron chi connectivity index (χ2n) is 4.13. The molecule has 0 amide bonds. The Hall–Kier alpha value is -2.14. The largest absolute Gasteiger partial charge is 0.476 e. The predicted octanol–water partition coefficient (Wildman–Crippen LogP) is 1.08. The van der Waals surface area contributed by atoms with Gasteiger partial charge in [0, 0.05) is 12.7 Å². The highest BCUT2D eigenvalue weighted by atomic mass is 16.5. The zero-order valence-electron chi connectivity index (χ0n) is 11.4. The maximum Gasteiger partial charge on any atom is 0.250 e. The van der Waals surface area contributed by atoms with Crippen LogP contribution in [0.15, 0.2) is 34.9 Å². The van der Waals surface area contributed by atoms with E-state index in [1.807, 2.05) is 18.2 Å². The van der Waals surface area contributed by atoms with Gasteiger partial charge in [-0.05, 0) is 13.0 Å². The third-order valence-electron chi connectivity index (χ3n) is 2.85. The molecule has 2 rings (SSSR count). The molecule has 1 aromatic carbocycles. The van der Waals surface area contributed by atoms with E-state index < -0.39 is 6.23 Å². The number of hydrogen-bond acceptors (Lipinski definition) is 6. The minimum absolute atomic E-state index is 0.000861. The monoisotopic (exact) mass is 276 g/mol. The molecule has 0 aromatic heterocycles. The summed E-state index contributed by atoms with van der Waals surface area (Å²) in [6, 6.07) is 7.34. The molecule has 0 radical (unpaired) electrons. The van der Waals surface area contributed by atoms with Crippen molar-refractivity contribution in [2.75, 3.05) is 18.7 Å². The molecule has 1 N–H and O–H groups in total. The Labute approximate surface area is 116 Å². The summed E-state index contributed by atoms with van der Waals surface area (Å²) in [7, 11) is 1.59. The Bertz CT molecular complexity index is 564. The summed E-state index contributed by atoms with van der Waals surface area (Å²) < 4.78 is 10.4. The number of carbonyl (C=O) groups excluding carboxylic acids is 1. The van der Waals surface area contributed by atoms with Crippen LogP contribution in [0.1, 0.15) is 12.5 Å². The van der Waals surface area contributed by atoms with Crippen LogP contribution in [-0.4, -0.2) is 36.9 Å². The number of ether oxygens (including phenoxy) is 2. The highest BCUT2D eigenvalue weighted by Crippen LogP contribution is 2.29. The second-order valence-corrected chi connectivity index (χ2v) is 4.13. The van der Waals surface area contributed by atoms with Crippen molar-refractivity contribution in [3.8, 4) is 0 Å². The van der Waals surface area contributed by atoms with E-state index in [0.29, 0.717) is 18.9 Å². The molecule has 0 fully saturated rings. The normalized spacial score (nSPS) is 17.9. The molecule has 1 aliphatic rings. The first-order valence-corrected chi connectivity index (χ1v) is 6.23. The van der Waals surface area contributed by atoms with Crippen LogP contribution in [-0.2, 0) is 20.9 Å². The lowest BCUT2D eigenvalue weighted by Crippen LogP contribution is -2.28. The van der Waals surface area contributed by atoms with Gasteiger partial charge in [-0.3, -0.25) is 0 Å². The molecule has 20 heavy (non-hydrogen) atoms. The van der Waals surface area contributed by atoms with Gasteiger partial charge in [0.1, 0.15) is 5.94 Å². The fourth-order valence-electron chi connectivity index (χ4n) is 1.98.